The van der Waals surface area contributed by atoms with Gasteiger partial charge in [0.05, 0.1) is 5.57 Å². The molecule has 10 nitrogen and oxygen atoms in total. The molecule has 0 fully saturated rings. The molecular formula is C20H21ClF3NO9. The quantitative estimate of drug-likeness (QED) is 0.223. The summed E-state index contributed by atoms with van der Waals surface area (Å²) in [5.74, 6) is -1.57. The number of hydrogen-bond acceptors (Lipinski definition) is 9. The Balaban J connectivity index is 2.11. The summed E-state index contributed by atoms with van der Waals surface area (Å²) in [6, 6.07) is 2.76. The van der Waals surface area contributed by atoms with E-state index in [0.717, 1.165) is 6.08 Å². The van der Waals surface area contributed by atoms with Crippen molar-refractivity contribution < 1.29 is 51.6 Å². The molecule has 1 aliphatic rings. The standard InChI is InChI=1S/C20H21ClF3NO9/c1-10(34-25(28)29)8-30-18(27)32-9-31-17(26)12-5-11-6-14(21)13(19(2,3)4)7-15(11)33-16(12)20(22,23)24/h5-7,10,16H,8-9H2,1-4H3/t10?,16-/m0/s1. The number of benzene rings is 1. The van der Waals surface area contributed by atoms with Crippen molar-refractivity contribution in [1.29, 1.82) is 0 Å². The van der Waals surface area contributed by atoms with Crippen LogP contribution in [0.2, 0.25) is 5.02 Å². The average Bonchev–Trinajstić information content (AvgIpc) is 2.68. The van der Waals surface area contributed by atoms with E-state index in [1.807, 2.05) is 20.8 Å². The predicted molar refractivity (Wildman–Crippen MR) is 110 cm³/mol. The van der Waals surface area contributed by atoms with Gasteiger partial charge in [-0.05, 0) is 36.1 Å². The largest absolute Gasteiger partial charge is 0.511 e. The van der Waals surface area contributed by atoms with Gasteiger partial charge in [-0.2, -0.15) is 13.2 Å². The molecule has 0 amide bonds. The highest BCUT2D eigenvalue weighted by Gasteiger charge is 2.49. The Kier molecular flexibility index (Phi) is 8.24. The number of ether oxygens (including phenoxy) is 4. The highest BCUT2D eigenvalue weighted by Crippen LogP contribution is 2.42. The Morgan fingerprint density at radius 3 is 2.41 bits per heavy atom. The monoisotopic (exact) mass is 511 g/mol. The lowest BCUT2D eigenvalue weighted by atomic mass is 9.85. The normalized spacial score (nSPS) is 16.4. The molecule has 1 heterocycles. The summed E-state index contributed by atoms with van der Waals surface area (Å²) in [6.07, 6.45) is -9.15. The molecule has 2 atom stereocenters. The summed E-state index contributed by atoms with van der Waals surface area (Å²) in [6.45, 7) is 5.06. The van der Waals surface area contributed by atoms with E-state index in [1.54, 1.807) is 0 Å². The SMILES string of the molecule is CC(COC(=O)OCOC(=O)C1=Cc2cc(Cl)c(C(C)(C)C)cc2O[C@@H]1C(F)(F)F)O[N+](=O)[O-]. The van der Waals surface area contributed by atoms with E-state index in [0.29, 0.717) is 5.56 Å². The highest BCUT2D eigenvalue weighted by molar-refractivity contribution is 6.31. The summed E-state index contributed by atoms with van der Waals surface area (Å²) in [4.78, 5) is 38.0. The van der Waals surface area contributed by atoms with Crippen LogP contribution < -0.4 is 4.74 Å². The van der Waals surface area contributed by atoms with Crippen LogP contribution in [0.4, 0.5) is 18.0 Å². The fraction of sp³-hybridized carbons (Fsp3) is 0.500. The molecule has 14 heteroatoms. The third kappa shape index (κ3) is 7.14. The Bertz CT molecular complexity index is 989. The van der Waals surface area contributed by atoms with Gasteiger partial charge in [-0.1, -0.05) is 32.4 Å². The van der Waals surface area contributed by atoms with E-state index >= 15 is 0 Å². The maximum Gasteiger partial charge on any atom is 0.511 e. The van der Waals surface area contributed by atoms with Gasteiger partial charge < -0.3 is 23.8 Å². The zero-order valence-corrected chi connectivity index (χ0v) is 19.2. The van der Waals surface area contributed by atoms with Gasteiger partial charge in [0, 0.05) is 10.6 Å². The summed E-state index contributed by atoms with van der Waals surface area (Å²) in [5.41, 5.74) is -0.682. The number of nitrogens with zero attached hydrogens (tertiary/aromatic N) is 1. The molecule has 0 aliphatic carbocycles. The lowest BCUT2D eigenvalue weighted by Crippen LogP contribution is -2.41. The Labute approximate surface area is 196 Å². The van der Waals surface area contributed by atoms with Crippen LogP contribution in [0.25, 0.3) is 6.08 Å². The van der Waals surface area contributed by atoms with Crippen molar-refractivity contribution in [3.63, 3.8) is 0 Å². The topological polar surface area (TPSA) is 123 Å². The van der Waals surface area contributed by atoms with Gasteiger partial charge >= 0.3 is 18.3 Å². The van der Waals surface area contributed by atoms with Gasteiger partial charge in [0.2, 0.25) is 12.9 Å². The molecule has 0 saturated heterocycles. The molecule has 34 heavy (non-hydrogen) atoms. The summed E-state index contributed by atoms with van der Waals surface area (Å²) >= 11 is 6.26. The number of rotatable bonds is 7. The molecule has 0 bridgehead atoms. The zero-order valence-electron chi connectivity index (χ0n) is 18.4. The minimum absolute atomic E-state index is 0.112. The highest BCUT2D eigenvalue weighted by atomic mass is 35.5. The summed E-state index contributed by atoms with van der Waals surface area (Å²) < 4.78 is 59.4. The third-order valence-electron chi connectivity index (χ3n) is 4.35. The molecule has 0 spiro atoms. The maximum atomic E-state index is 13.6. The van der Waals surface area contributed by atoms with Gasteiger partial charge in [-0.3, -0.25) is 0 Å². The van der Waals surface area contributed by atoms with Crippen LogP contribution in [0, 0.1) is 10.1 Å². The number of carbonyl (C=O) groups excluding carboxylic acids is 2. The molecule has 1 aromatic rings. The van der Waals surface area contributed by atoms with Crippen molar-refractivity contribution in [2.45, 2.75) is 51.5 Å². The molecular weight excluding hydrogens is 491 g/mol. The van der Waals surface area contributed by atoms with Gasteiger partial charge in [0.1, 0.15) is 18.5 Å². The van der Waals surface area contributed by atoms with Crippen molar-refractivity contribution in [3.8, 4) is 5.75 Å². The smallest absolute Gasteiger partial charge is 0.475 e. The lowest BCUT2D eigenvalue weighted by Gasteiger charge is -2.30. The molecule has 188 valence electrons. The molecule has 1 aliphatic heterocycles. The molecule has 1 aromatic carbocycles. The Morgan fingerprint density at radius 2 is 1.85 bits per heavy atom. The lowest BCUT2D eigenvalue weighted by molar-refractivity contribution is -0.767. The van der Waals surface area contributed by atoms with Gasteiger partial charge in [-0.25, -0.2) is 9.59 Å². The molecule has 2 rings (SSSR count). The predicted octanol–water partition coefficient (Wildman–Crippen LogP) is 4.59. The van der Waals surface area contributed by atoms with Crippen LogP contribution in [0.1, 0.15) is 38.8 Å². The number of halogens is 4. The number of esters is 1. The molecule has 0 radical (unpaired) electrons. The van der Waals surface area contributed by atoms with Crippen LogP contribution in [0.15, 0.2) is 17.7 Å². The first-order chi connectivity index (χ1) is 15.6. The van der Waals surface area contributed by atoms with Crippen molar-refractivity contribution in [1.82, 2.24) is 0 Å². The van der Waals surface area contributed by atoms with Crippen LogP contribution in [-0.4, -0.2) is 49.0 Å². The van der Waals surface area contributed by atoms with E-state index in [4.69, 9.17) is 16.3 Å². The van der Waals surface area contributed by atoms with Gasteiger partial charge in [-0.15, -0.1) is 10.1 Å². The van der Waals surface area contributed by atoms with Crippen LogP contribution >= 0.6 is 11.6 Å². The van der Waals surface area contributed by atoms with Crippen molar-refractivity contribution in [3.05, 3.63) is 44.0 Å². The van der Waals surface area contributed by atoms with Crippen molar-refractivity contribution in [2.75, 3.05) is 13.4 Å². The first kappa shape index (κ1) is 27.0. The Hall–Kier alpha value is -3.22. The first-order valence-corrected chi connectivity index (χ1v) is 10.0. The van der Waals surface area contributed by atoms with Gasteiger partial charge in [0.25, 0.3) is 5.09 Å². The first-order valence-electron chi connectivity index (χ1n) is 9.66. The van der Waals surface area contributed by atoms with Crippen molar-refractivity contribution >= 4 is 29.8 Å². The zero-order chi connectivity index (χ0) is 25.8. The Morgan fingerprint density at radius 1 is 1.21 bits per heavy atom. The number of carbonyl (C=O) groups is 2. The fourth-order valence-corrected chi connectivity index (χ4v) is 3.28. The van der Waals surface area contributed by atoms with E-state index in [-0.39, 0.29) is 16.3 Å². The van der Waals surface area contributed by atoms with E-state index < -0.39 is 60.0 Å². The van der Waals surface area contributed by atoms with Crippen LogP contribution in [0.3, 0.4) is 0 Å². The summed E-state index contributed by atoms with van der Waals surface area (Å²) in [5, 5.41) is 9.34. The van der Waals surface area contributed by atoms with Crippen LogP contribution in [-0.2, 0) is 29.3 Å². The number of fused-ring (bicyclic) bond motifs is 1. The van der Waals surface area contributed by atoms with E-state index in [9.17, 15) is 32.9 Å². The van der Waals surface area contributed by atoms with E-state index in [2.05, 4.69) is 19.0 Å². The fourth-order valence-electron chi connectivity index (χ4n) is 2.82. The van der Waals surface area contributed by atoms with Crippen molar-refractivity contribution in [2.24, 2.45) is 0 Å². The molecule has 0 saturated carbocycles. The summed E-state index contributed by atoms with van der Waals surface area (Å²) in [7, 11) is 0. The average molecular weight is 512 g/mol. The second-order valence-electron chi connectivity index (χ2n) is 8.15. The van der Waals surface area contributed by atoms with Crippen LogP contribution in [0.5, 0.6) is 5.75 Å². The minimum atomic E-state index is -4.96. The molecule has 0 N–H and O–H groups in total. The second-order valence-corrected chi connectivity index (χ2v) is 8.56. The molecule has 1 unspecified atom stereocenters. The minimum Gasteiger partial charge on any atom is -0.475 e. The third-order valence-corrected chi connectivity index (χ3v) is 4.66. The second kappa shape index (κ2) is 10.4. The molecule has 0 aromatic heterocycles. The number of alkyl halides is 3. The van der Waals surface area contributed by atoms with Gasteiger partial charge in [0.15, 0.2) is 0 Å². The number of hydrogen-bond donors (Lipinski definition) is 0. The van der Waals surface area contributed by atoms with E-state index in [1.165, 1.54) is 19.1 Å². The maximum absolute atomic E-state index is 13.6.